The molecule has 21 heavy (non-hydrogen) atoms. The van der Waals surface area contributed by atoms with Crippen LogP contribution in [0.1, 0.15) is 51.1 Å². The number of hydrogen-bond acceptors (Lipinski definition) is 2. The van der Waals surface area contributed by atoms with Gasteiger partial charge < -0.3 is 10.6 Å². The van der Waals surface area contributed by atoms with Crippen LogP contribution in [0.15, 0.2) is 18.2 Å². The van der Waals surface area contributed by atoms with E-state index in [1.807, 2.05) is 0 Å². The van der Waals surface area contributed by atoms with Crippen molar-refractivity contribution in [2.75, 3.05) is 19.6 Å². The molecule has 0 saturated carbocycles. The largest absolute Gasteiger partial charge is 0.324 e. The molecule has 0 amide bonds. The topological polar surface area (TPSA) is 29.3 Å². The first-order valence-electron chi connectivity index (χ1n) is 7.80. The molecule has 0 spiro atoms. The number of benzene rings is 1. The lowest BCUT2D eigenvalue weighted by Crippen LogP contribution is -2.29. The summed E-state index contributed by atoms with van der Waals surface area (Å²) in [6, 6.07) is 3.23. The first kappa shape index (κ1) is 16.4. The van der Waals surface area contributed by atoms with E-state index in [1.54, 1.807) is 0 Å². The minimum absolute atomic E-state index is 0.313. The first-order valence-corrected chi connectivity index (χ1v) is 7.80. The van der Waals surface area contributed by atoms with E-state index in [1.165, 1.54) is 31.4 Å². The van der Waals surface area contributed by atoms with Crippen LogP contribution in [0.2, 0.25) is 0 Å². The summed E-state index contributed by atoms with van der Waals surface area (Å²) in [4.78, 5) is 2.42. The lowest BCUT2D eigenvalue weighted by molar-refractivity contribution is 0.254. The fraction of sp³-hybridized carbons (Fsp3) is 0.647. The Bertz CT molecular complexity index is 454. The van der Waals surface area contributed by atoms with Crippen LogP contribution in [-0.2, 0) is 0 Å². The van der Waals surface area contributed by atoms with E-state index in [2.05, 4.69) is 18.7 Å². The highest BCUT2D eigenvalue weighted by atomic mass is 19.1. The molecule has 2 N–H and O–H groups in total. The van der Waals surface area contributed by atoms with Crippen LogP contribution in [0, 0.1) is 17.0 Å². The quantitative estimate of drug-likeness (QED) is 0.914. The van der Waals surface area contributed by atoms with E-state index in [0.717, 1.165) is 32.1 Å². The molecule has 1 aliphatic rings. The van der Waals surface area contributed by atoms with Crippen LogP contribution >= 0.6 is 0 Å². The molecule has 1 aliphatic heterocycles. The second kappa shape index (κ2) is 6.84. The van der Waals surface area contributed by atoms with Gasteiger partial charge in [0.1, 0.15) is 11.6 Å². The molecule has 1 saturated heterocycles. The smallest absolute Gasteiger partial charge is 0.126 e. The lowest BCUT2D eigenvalue weighted by atomic mass is 9.85. The van der Waals surface area contributed by atoms with Crippen LogP contribution in [0.5, 0.6) is 0 Å². The molecular formula is C17H26F2N2. The molecule has 0 aromatic heterocycles. The standard InChI is InChI=1S/C17H26F2N2/c1-17(2)5-3-7-21(9-6-17)8-4-16(20)13-10-14(18)12-15(19)11-13/h10-12,16H,3-9,20H2,1-2H3. The Morgan fingerprint density at radius 3 is 2.48 bits per heavy atom. The third-order valence-electron chi connectivity index (χ3n) is 4.50. The summed E-state index contributed by atoms with van der Waals surface area (Å²) in [5, 5.41) is 0. The van der Waals surface area contributed by atoms with Crippen molar-refractivity contribution in [1.82, 2.24) is 4.90 Å². The van der Waals surface area contributed by atoms with Crippen molar-refractivity contribution in [1.29, 1.82) is 0 Å². The first-order chi connectivity index (χ1) is 9.85. The fourth-order valence-electron chi connectivity index (χ4n) is 2.98. The summed E-state index contributed by atoms with van der Waals surface area (Å²) in [5.74, 6) is -1.12. The molecule has 4 heteroatoms. The van der Waals surface area contributed by atoms with E-state index in [4.69, 9.17) is 5.73 Å². The molecule has 1 aromatic carbocycles. The SMILES string of the molecule is CC1(C)CCCN(CCC(N)c2cc(F)cc(F)c2)CC1. The number of nitrogens with two attached hydrogens (primary N) is 1. The molecule has 1 atom stereocenters. The van der Waals surface area contributed by atoms with Gasteiger partial charge >= 0.3 is 0 Å². The Kier molecular flexibility index (Phi) is 5.33. The van der Waals surface area contributed by atoms with Crippen molar-refractivity contribution in [3.63, 3.8) is 0 Å². The third-order valence-corrected chi connectivity index (χ3v) is 4.50. The summed E-state index contributed by atoms with van der Waals surface area (Å²) in [7, 11) is 0. The maximum absolute atomic E-state index is 13.2. The highest BCUT2D eigenvalue weighted by molar-refractivity contribution is 5.21. The normalized spacial score (nSPS) is 21.0. The maximum atomic E-state index is 13.2. The van der Waals surface area contributed by atoms with Gasteiger partial charge in [0, 0.05) is 12.1 Å². The summed E-state index contributed by atoms with van der Waals surface area (Å²) in [6.07, 6.45) is 4.38. The highest BCUT2D eigenvalue weighted by Gasteiger charge is 2.23. The van der Waals surface area contributed by atoms with Crippen LogP contribution < -0.4 is 5.73 Å². The van der Waals surface area contributed by atoms with Crippen molar-refractivity contribution in [3.8, 4) is 0 Å². The van der Waals surface area contributed by atoms with Crippen LogP contribution in [0.3, 0.4) is 0 Å². The van der Waals surface area contributed by atoms with Gasteiger partial charge in [0.2, 0.25) is 0 Å². The van der Waals surface area contributed by atoms with Gasteiger partial charge in [0.15, 0.2) is 0 Å². The van der Waals surface area contributed by atoms with E-state index in [0.29, 0.717) is 11.0 Å². The Balaban J connectivity index is 1.87. The number of halogens is 2. The molecule has 0 bridgehead atoms. The van der Waals surface area contributed by atoms with Crippen molar-refractivity contribution in [3.05, 3.63) is 35.4 Å². The van der Waals surface area contributed by atoms with Crippen molar-refractivity contribution in [2.45, 2.75) is 45.6 Å². The second-order valence-corrected chi connectivity index (χ2v) is 6.96. The average Bonchev–Trinajstić information content (AvgIpc) is 2.56. The van der Waals surface area contributed by atoms with E-state index >= 15 is 0 Å². The molecule has 1 fully saturated rings. The summed E-state index contributed by atoms with van der Waals surface area (Å²) in [6.45, 7) is 7.69. The molecule has 1 unspecified atom stereocenters. The van der Waals surface area contributed by atoms with Crippen LogP contribution in [0.25, 0.3) is 0 Å². The summed E-state index contributed by atoms with van der Waals surface area (Å²) in [5.41, 5.74) is 7.05. The number of likely N-dealkylation sites (tertiary alicyclic amines) is 1. The van der Waals surface area contributed by atoms with Crippen molar-refractivity contribution in [2.24, 2.45) is 11.1 Å². The molecule has 1 heterocycles. The zero-order valence-corrected chi connectivity index (χ0v) is 13.0. The molecule has 0 aliphatic carbocycles. The highest BCUT2D eigenvalue weighted by Crippen LogP contribution is 2.30. The van der Waals surface area contributed by atoms with Gasteiger partial charge in [-0.15, -0.1) is 0 Å². The lowest BCUT2D eigenvalue weighted by Gasteiger charge is -2.24. The number of rotatable bonds is 4. The minimum Gasteiger partial charge on any atom is -0.324 e. The van der Waals surface area contributed by atoms with Crippen LogP contribution in [-0.4, -0.2) is 24.5 Å². The Morgan fingerprint density at radius 1 is 1.14 bits per heavy atom. The Labute approximate surface area is 126 Å². The molecule has 2 rings (SSSR count). The van der Waals surface area contributed by atoms with Gasteiger partial charge in [-0.3, -0.25) is 0 Å². The fourth-order valence-corrected chi connectivity index (χ4v) is 2.98. The maximum Gasteiger partial charge on any atom is 0.126 e. The van der Waals surface area contributed by atoms with Gasteiger partial charge in [0.05, 0.1) is 0 Å². The number of nitrogens with zero attached hydrogens (tertiary/aromatic N) is 1. The average molecular weight is 296 g/mol. The molecule has 1 aromatic rings. The van der Waals surface area contributed by atoms with Gasteiger partial charge in [-0.25, -0.2) is 8.78 Å². The predicted octanol–water partition coefficient (Wildman–Crippen LogP) is 3.87. The zero-order chi connectivity index (χ0) is 15.5. The van der Waals surface area contributed by atoms with Gasteiger partial charge in [-0.05, 0) is 68.4 Å². The molecule has 2 nitrogen and oxygen atoms in total. The minimum atomic E-state index is -0.558. The Morgan fingerprint density at radius 2 is 1.81 bits per heavy atom. The van der Waals surface area contributed by atoms with Crippen molar-refractivity contribution >= 4 is 0 Å². The monoisotopic (exact) mass is 296 g/mol. The zero-order valence-electron chi connectivity index (χ0n) is 13.0. The van der Waals surface area contributed by atoms with E-state index < -0.39 is 11.6 Å². The predicted molar refractivity (Wildman–Crippen MR) is 82.0 cm³/mol. The van der Waals surface area contributed by atoms with Crippen molar-refractivity contribution < 1.29 is 8.78 Å². The summed E-state index contributed by atoms with van der Waals surface area (Å²) >= 11 is 0. The molecular weight excluding hydrogens is 270 g/mol. The van der Waals surface area contributed by atoms with Gasteiger partial charge in [0.25, 0.3) is 0 Å². The molecule has 118 valence electrons. The van der Waals surface area contributed by atoms with E-state index in [9.17, 15) is 8.78 Å². The van der Waals surface area contributed by atoms with Crippen LogP contribution in [0.4, 0.5) is 8.78 Å². The second-order valence-electron chi connectivity index (χ2n) is 6.96. The van der Waals surface area contributed by atoms with E-state index in [-0.39, 0.29) is 6.04 Å². The third kappa shape index (κ3) is 5.04. The van der Waals surface area contributed by atoms with Gasteiger partial charge in [-0.2, -0.15) is 0 Å². The Hall–Kier alpha value is -1.00. The summed E-state index contributed by atoms with van der Waals surface area (Å²) < 4.78 is 26.4. The number of hydrogen-bond donors (Lipinski definition) is 1. The van der Waals surface area contributed by atoms with Gasteiger partial charge in [-0.1, -0.05) is 13.8 Å². The molecule has 0 radical (unpaired) electrons.